The molecule has 2 atom stereocenters. The molecule has 1 aliphatic rings. The van der Waals surface area contributed by atoms with Crippen LogP contribution in [-0.4, -0.2) is 23.3 Å². The molecule has 19 heavy (non-hydrogen) atoms. The number of benzene rings is 1. The van der Waals surface area contributed by atoms with Gasteiger partial charge in [0.05, 0.1) is 6.61 Å². The van der Waals surface area contributed by atoms with E-state index in [-0.39, 0.29) is 24.8 Å². The van der Waals surface area contributed by atoms with Crippen molar-refractivity contribution in [3.63, 3.8) is 0 Å². The summed E-state index contributed by atoms with van der Waals surface area (Å²) in [7, 11) is 0. The Morgan fingerprint density at radius 2 is 2.26 bits per heavy atom. The Morgan fingerprint density at radius 1 is 1.53 bits per heavy atom. The highest BCUT2D eigenvalue weighted by atomic mass is 19.1. The molecule has 4 heteroatoms. The van der Waals surface area contributed by atoms with E-state index in [1.54, 1.807) is 26.0 Å². The molecule has 0 saturated carbocycles. The van der Waals surface area contributed by atoms with Crippen molar-refractivity contribution in [1.29, 1.82) is 0 Å². The Balaban J connectivity index is 2.38. The van der Waals surface area contributed by atoms with Crippen LogP contribution in [0.4, 0.5) is 4.39 Å². The first-order valence-electron chi connectivity index (χ1n) is 6.71. The van der Waals surface area contributed by atoms with Gasteiger partial charge in [-0.3, -0.25) is 0 Å². The number of esters is 1. The summed E-state index contributed by atoms with van der Waals surface area (Å²) >= 11 is 0. The van der Waals surface area contributed by atoms with Gasteiger partial charge < -0.3 is 9.84 Å². The SMILES string of the molecule is CCOC(=O)C(O)(CC)C1CCc2c(F)cccc21. The van der Waals surface area contributed by atoms with E-state index >= 15 is 0 Å². The molecule has 3 nitrogen and oxygen atoms in total. The molecule has 0 fully saturated rings. The first-order valence-corrected chi connectivity index (χ1v) is 6.71. The number of ether oxygens (including phenoxy) is 1. The Morgan fingerprint density at radius 3 is 2.89 bits per heavy atom. The topological polar surface area (TPSA) is 46.5 Å². The van der Waals surface area contributed by atoms with E-state index in [2.05, 4.69) is 0 Å². The summed E-state index contributed by atoms with van der Waals surface area (Å²) in [5.74, 6) is -1.26. The van der Waals surface area contributed by atoms with Crippen LogP contribution in [0.3, 0.4) is 0 Å². The summed E-state index contributed by atoms with van der Waals surface area (Å²) in [6, 6.07) is 4.82. The average molecular weight is 266 g/mol. The third-order valence-corrected chi connectivity index (χ3v) is 3.96. The van der Waals surface area contributed by atoms with Crippen molar-refractivity contribution in [3.8, 4) is 0 Å². The summed E-state index contributed by atoms with van der Waals surface area (Å²) in [6.07, 6.45) is 1.38. The van der Waals surface area contributed by atoms with Gasteiger partial charge in [0.15, 0.2) is 5.60 Å². The maximum absolute atomic E-state index is 13.7. The number of hydrogen-bond acceptors (Lipinski definition) is 3. The Bertz CT molecular complexity index is 486. The van der Waals surface area contributed by atoms with E-state index in [0.717, 1.165) is 5.56 Å². The lowest BCUT2D eigenvalue weighted by atomic mass is 9.81. The summed E-state index contributed by atoms with van der Waals surface area (Å²) in [6.45, 7) is 3.67. The molecule has 1 aliphatic carbocycles. The van der Waals surface area contributed by atoms with Gasteiger partial charge in [-0.05, 0) is 43.4 Å². The van der Waals surface area contributed by atoms with Crippen molar-refractivity contribution < 1.29 is 19.0 Å². The molecule has 0 saturated heterocycles. The van der Waals surface area contributed by atoms with Crippen molar-refractivity contribution in [3.05, 3.63) is 35.1 Å². The van der Waals surface area contributed by atoms with E-state index in [1.807, 2.05) is 0 Å². The first-order chi connectivity index (χ1) is 9.04. The minimum Gasteiger partial charge on any atom is -0.464 e. The fourth-order valence-electron chi connectivity index (χ4n) is 2.89. The molecule has 0 aliphatic heterocycles. The highest BCUT2D eigenvalue weighted by Gasteiger charge is 2.47. The lowest BCUT2D eigenvalue weighted by Gasteiger charge is -2.31. The van der Waals surface area contributed by atoms with Gasteiger partial charge in [-0.25, -0.2) is 9.18 Å². The predicted molar refractivity (Wildman–Crippen MR) is 69.3 cm³/mol. The van der Waals surface area contributed by atoms with Crippen LogP contribution < -0.4 is 0 Å². The van der Waals surface area contributed by atoms with Crippen LogP contribution in [0.15, 0.2) is 18.2 Å². The minimum atomic E-state index is -1.56. The van der Waals surface area contributed by atoms with Gasteiger partial charge in [0.2, 0.25) is 0 Å². The molecular formula is C15H19FO3. The largest absolute Gasteiger partial charge is 0.464 e. The lowest BCUT2D eigenvalue weighted by Crippen LogP contribution is -2.44. The van der Waals surface area contributed by atoms with Crippen LogP contribution in [0.2, 0.25) is 0 Å². The van der Waals surface area contributed by atoms with Crippen LogP contribution in [0.25, 0.3) is 0 Å². The third kappa shape index (κ3) is 2.25. The summed E-state index contributed by atoms with van der Waals surface area (Å²) in [4.78, 5) is 12.0. The van der Waals surface area contributed by atoms with Gasteiger partial charge in [-0.15, -0.1) is 0 Å². The second-order valence-corrected chi connectivity index (χ2v) is 4.90. The molecule has 1 aromatic rings. The number of aliphatic hydroxyl groups is 1. The lowest BCUT2D eigenvalue weighted by molar-refractivity contribution is -0.168. The quantitative estimate of drug-likeness (QED) is 0.852. The van der Waals surface area contributed by atoms with Gasteiger partial charge in [0.25, 0.3) is 0 Å². The maximum atomic E-state index is 13.7. The molecule has 0 spiro atoms. The predicted octanol–water partition coefficient (Wildman–Crippen LogP) is 2.56. The van der Waals surface area contributed by atoms with E-state index in [4.69, 9.17) is 4.74 Å². The van der Waals surface area contributed by atoms with Crippen molar-refractivity contribution >= 4 is 5.97 Å². The number of carbonyl (C=O) groups is 1. The second-order valence-electron chi connectivity index (χ2n) is 4.90. The van der Waals surface area contributed by atoms with E-state index in [0.29, 0.717) is 18.4 Å². The van der Waals surface area contributed by atoms with Crippen molar-refractivity contribution in [2.75, 3.05) is 6.61 Å². The monoisotopic (exact) mass is 266 g/mol. The summed E-state index contributed by atoms with van der Waals surface area (Å²) in [5, 5.41) is 10.7. The summed E-state index contributed by atoms with van der Waals surface area (Å²) < 4.78 is 18.7. The molecule has 2 rings (SSSR count). The van der Waals surface area contributed by atoms with E-state index < -0.39 is 11.6 Å². The standard InChI is InChI=1S/C15H19FO3/c1-3-15(18,14(17)19-4-2)12-9-8-11-10(12)6-5-7-13(11)16/h5-7,12,18H,3-4,8-9H2,1-2H3. The Kier molecular flexibility index (Phi) is 3.90. The van der Waals surface area contributed by atoms with Crippen LogP contribution >= 0.6 is 0 Å². The normalized spacial score (nSPS) is 20.7. The Hall–Kier alpha value is -1.42. The molecular weight excluding hydrogens is 247 g/mol. The van der Waals surface area contributed by atoms with E-state index in [9.17, 15) is 14.3 Å². The molecule has 2 unspecified atom stereocenters. The zero-order chi connectivity index (χ0) is 14.0. The van der Waals surface area contributed by atoms with Gasteiger partial charge in [-0.2, -0.15) is 0 Å². The molecule has 104 valence electrons. The van der Waals surface area contributed by atoms with Crippen LogP contribution in [0.1, 0.15) is 43.7 Å². The van der Waals surface area contributed by atoms with Crippen LogP contribution in [-0.2, 0) is 16.0 Å². The smallest absolute Gasteiger partial charge is 0.338 e. The molecule has 0 aromatic heterocycles. The molecule has 0 amide bonds. The zero-order valence-electron chi connectivity index (χ0n) is 11.3. The molecule has 1 aromatic carbocycles. The fraction of sp³-hybridized carbons (Fsp3) is 0.533. The number of halogens is 1. The molecule has 0 bridgehead atoms. The maximum Gasteiger partial charge on any atom is 0.338 e. The van der Waals surface area contributed by atoms with Crippen molar-refractivity contribution in [2.45, 2.75) is 44.6 Å². The molecule has 0 radical (unpaired) electrons. The number of carbonyl (C=O) groups excluding carboxylic acids is 1. The Labute approximate surface area is 112 Å². The number of hydrogen-bond donors (Lipinski definition) is 1. The number of rotatable bonds is 4. The highest BCUT2D eigenvalue weighted by Crippen LogP contribution is 2.43. The van der Waals surface area contributed by atoms with Crippen LogP contribution in [0, 0.1) is 5.82 Å². The van der Waals surface area contributed by atoms with Crippen LogP contribution in [0.5, 0.6) is 0 Å². The zero-order valence-corrected chi connectivity index (χ0v) is 11.3. The fourth-order valence-corrected chi connectivity index (χ4v) is 2.89. The van der Waals surface area contributed by atoms with E-state index in [1.165, 1.54) is 6.07 Å². The van der Waals surface area contributed by atoms with Gasteiger partial charge in [0.1, 0.15) is 5.82 Å². The summed E-state index contributed by atoms with van der Waals surface area (Å²) in [5.41, 5.74) is -0.212. The first kappa shape index (κ1) is 14.0. The second kappa shape index (κ2) is 5.29. The van der Waals surface area contributed by atoms with Gasteiger partial charge in [-0.1, -0.05) is 19.1 Å². The molecule has 0 heterocycles. The van der Waals surface area contributed by atoms with Crippen molar-refractivity contribution in [1.82, 2.24) is 0 Å². The average Bonchev–Trinajstić information content (AvgIpc) is 2.84. The highest BCUT2D eigenvalue weighted by molar-refractivity contribution is 5.81. The molecule has 1 N–H and O–H groups in total. The third-order valence-electron chi connectivity index (χ3n) is 3.96. The number of fused-ring (bicyclic) bond motifs is 1. The van der Waals surface area contributed by atoms with Gasteiger partial charge in [0, 0.05) is 5.92 Å². The van der Waals surface area contributed by atoms with Gasteiger partial charge >= 0.3 is 5.97 Å². The minimum absolute atomic E-state index is 0.226. The van der Waals surface area contributed by atoms with Crippen molar-refractivity contribution in [2.24, 2.45) is 0 Å².